The van der Waals surface area contributed by atoms with Crippen molar-refractivity contribution in [3.8, 4) is 0 Å². The number of halogens is 1. The van der Waals surface area contributed by atoms with Crippen LogP contribution in [0.3, 0.4) is 0 Å². The summed E-state index contributed by atoms with van der Waals surface area (Å²) in [5, 5.41) is 19.7. The molecule has 0 aliphatic rings. The molecule has 1 unspecified atom stereocenters. The predicted octanol–water partition coefficient (Wildman–Crippen LogP) is 1.97. The van der Waals surface area contributed by atoms with Crippen LogP contribution in [0.4, 0.5) is 5.69 Å². The average molecular weight is 340 g/mol. The van der Waals surface area contributed by atoms with E-state index < -0.39 is 16.9 Å². The highest BCUT2D eigenvalue weighted by atomic mass is 79.9. The molecule has 0 spiro atoms. The number of non-ortho nitro benzene ring substituents is 1. The third kappa shape index (κ3) is 2.99. The minimum Gasteiger partial charge on any atom is -0.342 e. The fourth-order valence-electron chi connectivity index (χ4n) is 1.57. The fourth-order valence-corrected chi connectivity index (χ4v) is 1.99. The van der Waals surface area contributed by atoms with Crippen LogP contribution in [0.1, 0.15) is 29.1 Å². The summed E-state index contributed by atoms with van der Waals surface area (Å²) in [5.41, 5.74) is 0.0382. The van der Waals surface area contributed by atoms with Gasteiger partial charge in [0.25, 0.3) is 11.6 Å². The van der Waals surface area contributed by atoms with Crippen LogP contribution in [0, 0.1) is 10.1 Å². The van der Waals surface area contributed by atoms with Crippen LogP contribution in [0.25, 0.3) is 0 Å². The molecular formula is C11H10BrN5O3. The molecule has 2 N–H and O–H groups in total. The first-order valence-electron chi connectivity index (χ1n) is 5.59. The lowest BCUT2D eigenvalue weighted by Crippen LogP contribution is -2.27. The number of benzene rings is 1. The van der Waals surface area contributed by atoms with E-state index in [-0.39, 0.29) is 11.3 Å². The number of nitro groups is 1. The van der Waals surface area contributed by atoms with Crippen molar-refractivity contribution in [2.45, 2.75) is 13.0 Å². The van der Waals surface area contributed by atoms with Gasteiger partial charge in [0.05, 0.1) is 16.5 Å². The van der Waals surface area contributed by atoms with E-state index in [4.69, 9.17) is 0 Å². The standard InChI is InChI=1S/C11H10BrN5O3/c1-6(10-13-5-14-16-10)15-11(18)8-4-7(17(19)20)2-3-9(8)12/h2-6H,1H3,(H,15,18)(H,13,14,16). The summed E-state index contributed by atoms with van der Waals surface area (Å²) in [6.45, 7) is 1.73. The molecule has 1 aromatic heterocycles. The molecule has 0 saturated heterocycles. The molecule has 1 amide bonds. The van der Waals surface area contributed by atoms with Crippen LogP contribution in [0.5, 0.6) is 0 Å². The summed E-state index contributed by atoms with van der Waals surface area (Å²) in [4.78, 5) is 26.2. The summed E-state index contributed by atoms with van der Waals surface area (Å²) in [6, 6.07) is 3.61. The lowest BCUT2D eigenvalue weighted by molar-refractivity contribution is -0.384. The van der Waals surface area contributed by atoms with Crippen LogP contribution < -0.4 is 5.32 Å². The van der Waals surface area contributed by atoms with Gasteiger partial charge in [0.15, 0.2) is 0 Å². The first-order valence-corrected chi connectivity index (χ1v) is 6.38. The molecule has 1 atom stereocenters. The number of carbonyl (C=O) groups is 1. The Balaban J connectivity index is 2.20. The SMILES string of the molecule is CC(NC(=O)c1cc([N+](=O)[O-])ccc1Br)c1ncn[nH]1. The Labute approximate surface area is 121 Å². The van der Waals surface area contributed by atoms with Crippen molar-refractivity contribution in [2.24, 2.45) is 0 Å². The molecule has 104 valence electrons. The van der Waals surface area contributed by atoms with E-state index in [1.165, 1.54) is 24.5 Å². The Morgan fingerprint density at radius 3 is 2.90 bits per heavy atom. The second-order valence-electron chi connectivity index (χ2n) is 3.99. The number of carbonyl (C=O) groups excluding carboxylic acids is 1. The molecule has 1 heterocycles. The molecule has 20 heavy (non-hydrogen) atoms. The Kier molecular flexibility index (Phi) is 4.08. The van der Waals surface area contributed by atoms with Gasteiger partial charge in [0.2, 0.25) is 0 Å². The highest BCUT2D eigenvalue weighted by molar-refractivity contribution is 9.10. The van der Waals surface area contributed by atoms with Gasteiger partial charge in [-0.2, -0.15) is 5.10 Å². The number of H-pyrrole nitrogens is 1. The number of hydrogen-bond donors (Lipinski definition) is 2. The summed E-state index contributed by atoms with van der Waals surface area (Å²) in [6.07, 6.45) is 1.33. The highest BCUT2D eigenvalue weighted by Gasteiger charge is 2.18. The third-order valence-corrected chi connectivity index (χ3v) is 3.29. The Hall–Kier alpha value is -2.29. The Morgan fingerprint density at radius 2 is 2.30 bits per heavy atom. The van der Waals surface area contributed by atoms with Gasteiger partial charge in [-0.05, 0) is 28.9 Å². The molecule has 2 rings (SSSR count). The number of nitrogens with zero attached hydrogens (tertiary/aromatic N) is 3. The van der Waals surface area contributed by atoms with Gasteiger partial charge in [0.1, 0.15) is 12.2 Å². The lowest BCUT2D eigenvalue weighted by atomic mass is 10.1. The fraction of sp³-hybridized carbons (Fsp3) is 0.182. The van der Waals surface area contributed by atoms with Crippen LogP contribution in [0.2, 0.25) is 0 Å². The first-order chi connectivity index (χ1) is 9.49. The second-order valence-corrected chi connectivity index (χ2v) is 4.84. The molecule has 9 heteroatoms. The van der Waals surface area contributed by atoms with Crippen molar-refractivity contribution in [1.82, 2.24) is 20.5 Å². The van der Waals surface area contributed by atoms with Crippen LogP contribution in [0.15, 0.2) is 29.0 Å². The smallest absolute Gasteiger partial charge is 0.270 e. The van der Waals surface area contributed by atoms with Gasteiger partial charge < -0.3 is 5.32 Å². The minimum absolute atomic E-state index is 0.148. The number of nitro benzene ring substituents is 1. The number of hydrogen-bond acceptors (Lipinski definition) is 5. The highest BCUT2D eigenvalue weighted by Crippen LogP contribution is 2.23. The lowest BCUT2D eigenvalue weighted by Gasteiger charge is -2.11. The number of amides is 1. The van der Waals surface area contributed by atoms with E-state index >= 15 is 0 Å². The van der Waals surface area contributed by atoms with Crippen LogP contribution in [-0.4, -0.2) is 26.0 Å². The largest absolute Gasteiger partial charge is 0.342 e. The average Bonchev–Trinajstić information content (AvgIpc) is 2.92. The maximum Gasteiger partial charge on any atom is 0.270 e. The number of aromatic amines is 1. The zero-order chi connectivity index (χ0) is 14.7. The van der Waals surface area contributed by atoms with Crippen molar-refractivity contribution < 1.29 is 9.72 Å². The normalized spacial score (nSPS) is 11.9. The zero-order valence-electron chi connectivity index (χ0n) is 10.3. The van der Waals surface area contributed by atoms with E-state index in [1.807, 2.05) is 0 Å². The molecule has 0 fully saturated rings. The molecule has 0 bridgehead atoms. The number of aromatic nitrogens is 3. The van der Waals surface area contributed by atoms with Gasteiger partial charge in [-0.1, -0.05) is 0 Å². The zero-order valence-corrected chi connectivity index (χ0v) is 11.9. The minimum atomic E-state index is -0.552. The van der Waals surface area contributed by atoms with E-state index in [0.717, 1.165) is 0 Å². The molecule has 0 aliphatic heterocycles. The maximum atomic E-state index is 12.1. The maximum absolute atomic E-state index is 12.1. The summed E-state index contributed by atoms with van der Waals surface area (Å²) >= 11 is 3.20. The molecule has 2 aromatic rings. The third-order valence-electron chi connectivity index (χ3n) is 2.60. The van der Waals surface area contributed by atoms with Gasteiger partial charge in [-0.3, -0.25) is 20.0 Å². The van der Waals surface area contributed by atoms with E-state index in [2.05, 4.69) is 36.4 Å². The Bertz CT molecular complexity index is 644. The molecule has 0 saturated carbocycles. The molecule has 1 aromatic carbocycles. The molecule has 0 radical (unpaired) electrons. The van der Waals surface area contributed by atoms with Gasteiger partial charge >= 0.3 is 0 Å². The molecule has 8 nitrogen and oxygen atoms in total. The van der Waals surface area contributed by atoms with Crippen molar-refractivity contribution in [1.29, 1.82) is 0 Å². The van der Waals surface area contributed by atoms with E-state index in [1.54, 1.807) is 6.92 Å². The quantitative estimate of drug-likeness (QED) is 0.652. The second kappa shape index (κ2) is 5.78. The van der Waals surface area contributed by atoms with Crippen LogP contribution in [-0.2, 0) is 0 Å². The van der Waals surface area contributed by atoms with Crippen molar-refractivity contribution >= 4 is 27.5 Å². The van der Waals surface area contributed by atoms with E-state index in [0.29, 0.717) is 10.3 Å². The molecule has 0 aliphatic carbocycles. The summed E-state index contributed by atoms with van der Waals surface area (Å²) < 4.78 is 0.477. The van der Waals surface area contributed by atoms with Crippen molar-refractivity contribution in [2.75, 3.05) is 0 Å². The number of nitrogens with one attached hydrogen (secondary N) is 2. The molecular weight excluding hydrogens is 330 g/mol. The first kappa shape index (κ1) is 14.1. The van der Waals surface area contributed by atoms with E-state index in [9.17, 15) is 14.9 Å². The number of rotatable bonds is 4. The van der Waals surface area contributed by atoms with Crippen LogP contribution >= 0.6 is 15.9 Å². The Morgan fingerprint density at radius 1 is 1.55 bits per heavy atom. The van der Waals surface area contributed by atoms with Gasteiger partial charge in [-0.15, -0.1) is 0 Å². The predicted molar refractivity (Wildman–Crippen MR) is 73.1 cm³/mol. The monoisotopic (exact) mass is 339 g/mol. The van der Waals surface area contributed by atoms with Gasteiger partial charge in [0, 0.05) is 16.6 Å². The topological polar surface area (TPSA) is 114 Å². The van der Waals surface area contributed by atoms with Crippen molar-refractivity contribution in [3.63, 3.8) is 0 Å². The summed E-state index contributed by atoms with van der Waals surface area (Å²) in [7, 11) is 0. The van der Waals surface area contributed by atoms with Gasteiger partial charge in [-0.25, -0.2) is 4.98 Å². The summed E-state index contributed by atoms with van der Waals surface area (Å²) in [5.74, 6) is 0.0596. The van der Waals surface area contributed by atoms with Crippen molar-refractivity contribution in [3.05, 3.63) is 50.5 Å².